The van der Waals surface area contributed by atoms with E-state index in [0.29, 0.717) is 5.69 Å². The molecule has 0 spiro atoms. The van der Waals surface area contributed by atoms with Gasteiger partial charge in [-0.1, -0.05) is 54.6 Å². The molecule has 2 N–H and O–H groups in total. The van der Waals surface area contributed by atoms with Crippen LogP contribution < -0.4 is 10.6 Å². The van der Waals surface area contributed by atoms with Gasteiger partial charge in [-0.05, 0) is 36.8 Å². The van der Waals surface area contributed by atoms with Crippen molar-refractivity contribution < 1.29 is 9.59 Å². The van der Waals surface area contributed by atoms with Crippen LogP contribution in [-0.2, 0) is 0 Å². The molecule has 0 fully saturated rings. The molecule has 0 bridgehead atoms. The first-order valence-electron chi connectivity index (χ1n) is 8.33. The summed E-state index contributed by atoms with van der Waals surface area (Å²) in [5, 5.41) is 5.65. The van der Waals surface area contributed by atoms with Gasteiger partial charge in [-0.15, -0.1) is 0 Å². The SMILES string of the molecule is CC(NC(=O)c1cccc(C(=O)Nc2ccccc2)n1)c1ccccc1. The minimum absolute atomic E-state index is 0.160. The largest absolute Gasteiger partial charge is 0.344 e. The molecular weight excluding hydrogens is 326 g/mol. The molecule has 0 aliphatic carbocycles. The van der Waals surface area contributed by atoms with Crippen molar-refractivity contribution in [3.8, 4) is 0 Å². The molecular formula is C21H19N3O2. The van der Waals surface area contributed by atoms with Gasteiger partial charge in [-0.3, -0.25) is 9.59 Å². The number of amides is 2. The molecule has 1 heterocycles. The van der Waals surface area contributed by atoms with Crippen molar-refractivity contribution >= 4 is 17.5 Å². The van der Waals surface area contributed by atoms with E-state index >= 15 is 0 Å². The highest BCUT2D eigenvalue weighted by atomic mass is 16.2. The zero-order chi connectivity index (χ0) is 18.4. The highest BCUT2D eigenvalue weighted by molar-refractivity contribution is 6.03. The molecule has 0 radical (unpaired) electrons. The van der Waals surface area contributed by atoms with Crippen LogP contribution in [0.4, 0.5) is 5.69 Å². The van der Waals surface area contributed by atoms with Gasteiger partial charge in [0.15, 0.2) is 0 Å². The predicted molar refractivity (Wildman–Crippen MR) is 101 cm³/mol. The summed E-state index contributed by atoms with van der Waals surface area (Å²) in [6.45, 7) is 1.90. The van der Waals surface area contributed by atoms with Gasteiger partial charge in [-0.2, -0.15) is 0 Å². The first kappa shape index (κ1) is 17.4. The number of para-hydroxylation sites is 1. The van der Waals surface area contributed by atoms with E-state index in [0.717, 1.165) is 5.56 Å². The molecule has 5 heteroatoms. The lowest BCUT2D eigenvalue weighted by Gasteiger charge is -2.14. The molecule has 0 saturated carbocycles. The van der Waals surface area contributed by atoms with Crippen molar-refractivity contribution in [3.63, 3.8) is 0 Å². The Bertz CT molecular complexity index is 895. The van der Waals surface area contributed by atoms with Gasteiger partial charge in [0.25, 0.3) is 11.8 Å². The summed E-state index contributed by atoms with van der Waals surface area (Å²) in [5.74, 6) is -0.683. The maximum atomic E-state index is 12.5. The second-order valence-electron chi connectivity index (χ2n) is 5.83. The van der Waals surface area contributed by atoms with E-state index in [9.17, 15) is 9.59 Å². The van der Waals surface area contributed by atoms with Crippen molar-refractivity contribution in [3.05, 3.63) is 95.8 Å². The lowest BCUT2D eigenvalue weighted by Crippen LogP contribution is -2.28. The molecule has 0 saturated heterocycles. The number of pyridine rings is 1. The van der Waals surface area contributed by atoms with Gasteiger partial charge in [0.1, 0.15) is 11.4 Å². The fraction of sp³-hybridized carbons (Fsp3) is 0.0952. The highest BCUT2D eigenvalue weighted by Gasteiger charge is 2.15. The summed E-state index contributed by atoms with van der Waals surface area (Å²) in [6, 6.07) is 23.4. The Hall–Kier alpha value is -3.47. The maximum absolute atomic E-state index is 12.5. The lowest BCUT2D eigenvalue weighted by molar-refractivity contribution is 0.0934. The van der Waals surface area contributed by atoms with Crippen molar-refractivity contribution in [1.29, 1.82) is 0 Å². The third-order valence-electron chi connectivity index (χ3n) is 3.89. The Morgan fingerprint density at radius 3 is 2.00 bits per heavy atom. The van der Waals surface area contributed by atoms with Crippen LogP contribution in [0.2, 0.25) is 0 Å². The Balaban J connectivity index is 1.70. The maximum Gasteiger partial charge on any atom is 0.274 e. The monoisotopic (exact) mass is 345 g/mol. The third-order valence-corrected chi connectivity index (χ3v) is 3.89. The smallest absolute Gasteiger partial charge is 0.274 e. The fourth-order valence-electron chi connectivity index (χ4n) is 2.50. The van der Waals surface area contributed by atoms with Crippen LogP contribution in [-0.4, -0.2) is 16.8 Å². The highest BCUT2D eigenvalue weighted by Crippen LogP contribution is 2.12. The second-order valence-corrected chi connectivity index (χ2v) is 5.83. The molecule has 5 nitrogen and oxygen atoms in total. The number of carbonyl (C=O) groups excluding carboxylic acids is 2. The number of aromatic nitrogens is 1. The van der Waals surface area contributed by atoms with Crippen molar-refractivity contribution in [1.82, 2.24) is 10.3 Å². The number of nitrogens with one attached hydrogen (secondary N) is 2. The van der Waals surface area contributed by atoms with Crippen LogP contribution in [0, 0.1) is 0 Å². The predicted octanol–water partition coefficient (Wildman–Crippen LogP) is 3.82. The molecule has 1 unspecified atom stereocenters. The molecule has 1 aromatic heterocycles. The third kappa shape index (κ3) is 4.33. The fourth-order valence-corrected chi connectivity index (χ4v) is 2.50. The van der Waals surface area contributed by atoms with Crippen LogP contribution in [0.3, 0.4) is 0 Å². The molecule has 0 aliphatic heterocycles. The van der Waals surface area contributed by atoms with Crippen molar-refractivity contribution in [2.24, 2.45) is 0 Å². The summed E-state index contributed by atoms with van der Waals surface area (Å²) < 4.78 is 0. The summed E-state index contributed by atoms with van der Waals surface area (Å²) in [6.07, 6.45) is 0. The minimum Gasteiger partial charge on any atom is -0.344 e. The van der Waals surface area contributed by atoms with Gasteiger partial charge in [-0.25, -0.2) is 4.98 Å². The Kier molecular flexibility index (Phi) is 5.39. The summed E-state index contributed by atoms with van der Waals surface area (Å²) in [4.78, 5) is 29.0. The minimum atomic E-state index is -0.359. The molecule has 0 aliphatic rings. The van der Waals surface area contributed by atoms with Crippen molar-refractivity contribution in [2.75, 3.05) is 5.32 Å². The molecule has 130 valence electrons. The van der Waals surface area contributed by atoms with Crippen LogP contribution in [0.5, 0.6) is 0 Å². The quantitative estimate of drug-likeness (QED) is 0.738. The summed E-state index contributed by atoms with van der Waals surface area (Å²) >= 11 is 0. The molecule has 3 aromatic rings. The Morgan fingerprint density at radius 2 is 1.35 bits per heavy atom. The summed E-state index contributed by atoms with van der Waals surface area (Å²) in [7, 11) is 0. The number of rotatable bonds is 5. The van der Waals surface area contributed by atoms with E-state index in [1.165, 1.54) is 0 Å². The first-order valence-corrected chi connectivity index (χ1v) is 8.33. The van der Waals surface area contributed by atoms with E-state index in [-0.39, 0.29) is 29.2 Å². The number of hydrogen-bond acceptors (Lipinski definition) is 3. The molecule has 3 rings (SSSR count). The van der Waals surface area contributed by atoms with E-state index in [2.05, 4.69) is 15.6 Å². The molecule has 2 aromatic carbocycles. The van der Waals surface area contributed by atoms with Crippen LogP contribution >= 0.6 is 0 Å². The Labute approximate surface area is 152 Å². The van der Waals surface area contributed by atoms with E-state index < -0.39 is 0 Å². The first-order chi connectivity index (χ1) is 12.6. The van der Waals surface area contributed by atoms with Gasteiger partial charge < -0.3 is 10.6 Å². The van der Waals surface area contributed by atoms with Gasteiger partial charge in [0.2, 0.25) is 0 Å². The molecule has 26 heavy (non-hydrogen) atoms. The topological polar surface area (TPSA) is 71.1 Å². The summed E-state index contributed by atoms with van der Waals surface area (Å²) in [5.41, 5.74) is 2.06. The van der Waals surface area contributed by atoms with Crippen LogP contribution in [0.1, 0.15) is 39.5 Å². The number of nitrogens with zero attached hydrogens (tertiary/aromatic N) is 1. The molecule has 2 amide bonds. The molecule has 1 atom stereocenters. The van der Waals surface area contributed by atoms with Gasteiger partial charge >= 0.3 is 0 Å². The average Bonchev–Trinajstić information content (AvgIpc) is 2.69. The van der Waals surface area contributed by atoms with Gasteiger partial charge in [0, 0.05) is 5.69 Å². The number of benzene rings is 2. The van der Waals surface area contributed by atoms with E-state index in [1.807, 2.05) is 55.5 Å². The number of anilines is 1. The van der Waals surface area contributed by atoms with Crippen LogP contribution in [0.25, 0.3) is 0 Å². The normalized spacial score (nSPS) is 11.4. The van der Waals surface area contributed by atoms with Gasteiger partial charge in [0.05, 0.1) is 6.04 Å². The Morgan fingerprint density at radius 1 is 0.769 bits per heavy atom. The average molecular weight is 345 g/mol. The van der Waals surface area contributed by atoms with Crippen LogP contribution in [0.15, 0.2) is 78.9 Å². The number of carbonyl (C=O) groups is 2. The van der Waals surface area contributed by atoms with E-state index in [1.54, 1.807) is 30.3 Å². The second kappa shape index (κ2) is 8.07. The van der Waals surface area contributed by atoms with E-state index in [4.69, 9.17) is 0 Å². The lowest BCUT2D eigenvalue weighted by atomic mass is 10.1. The number of hydrogen-bond donors (Lipinski definition) is 2. The standard InChI is InChI=1S/C21H19N3O2/c1-15(16-9-4-2-5-10-16)22-20(25)18-13-8-14-19(24-18)21(26)23-17-11-6-3-7-12-17/h2-15H,1H3,(H,22,25)(H,23,26). The van der Waals surface area contributed by atoms with Crippen molar-refractivity contribution in [2.45, 2.75) is 13.0 Å². The zero-order valence-electron chi connectivity index (χ0n) is 14.3. The zero-order valence-corrected chi connectivity index (χ0v) is 14.3.